The molecule has 0 unspecified atom stereocenters. The zero-order chi connectivity index (χ0) is 17.4. The molecule has 1 aromatic rings. The van der Waals surface area contributed by atoms with Crippen molar-refractivity contribution in [3.63, 3.8) is 0 Å². The molecule has 0 bridgehead atoms. The Balaban J connectivity index is 2.77. The van der Waals surface area contributed by atoms with Crippen molar-refractivity contribution in [3.05, 3.63) is 30.1 Å². The van der Waals surface area contributed by atoms with Crippen LogP contribution in [0.15, 0.2) is 24.5 Å². The fourth-order valence-electron chi connectivity index (χ4n) is 1.55. The first kappa shape index (κ1) is 20.3. The number of pyridine rings is 1. The summed E-state index contributed by atoms with van der Waals surface area (Å²) in [5.74, 6) is 1.19. The summed E-state index contributed by atoms with van der Waals surface area (Å²) in [6, 6.07) is 3.58. The summed E-state index contributed by atoms with van der Waals surface area (Å²) < 4.78 is 1.54. The van der Waals surface area contributed by atoms with E-state index in [4.69, 9.17) is 24.4 Å². The van der Waals surface area contributed by atoms with Crippen LogP contribution < -0.4 is 0 Å². The monoisotopic (exact) mass is 387 g/mol. The summed E-state index contributed by atoms with van der Waals surface area (Å²) in [6.45, 7) is 0. The van der Waals surface area contributed by atoms with Crippen LogP contribution in [0, 0.1) is 5.92 Å². The molecule has 0 aromatic carbocycles. The van der Waals surface area contributed by atoms with Gasteiger partial charge in [0.15, 0.2) is 5.78 Å². The molecule has 1 aromatic heterocycles. The average molecular weight is 388 g/mol. The van der Waals surface area contributed by atoms with Crippen LogP contribution in [0.2, 0.25) is 0 Å². The van der Waals surface area contributed by atoms with Gasteiger partial charge in [0, 0.05) is 63.6 Å². The molecule has 0 radical (unpaired) electrons. The third-order valence-electron chi connectivity index (χ3n) is 2.86. The number of Topliss-reactive ketones (excluding diaryl/α,β-unsaturated/α-hetero) is 1. The van der Waals surface area contributed by atoms with Gasteiger partial charge in [-0.05, 0) is 12.1 Å². The maximum atomic E-state index is 12.7. The van der Waals surface area contributed by atoms with Crippen LogP contribution in [-0.2, 0) is 0 Å². The van der Waals surface area contributed by atoms with Crippen LogP contribution >= 0.6 is 48.0 Å². The zero-order valence-corrected chi connectivity index (χ0v) is 16.9. The molecule has 0 saturated carbocycles. The molecule has 8 heteroatoms. The fourth-order valence-corrected chi connectivity index (χ4v) is 3.85. The molecular formula is C15H21N3OS4. The first-order valence-electron chi connectivity index (χ1n) is 6.95. The third-order valence-corrected chi connectivity index (χ3v) is 6.66. The van der Waals surface area contributed by atoms with Crippen LogP contribution in [0.1, 0.15) is 10.4 Å². The number of aromatic nitrogens is 1. The van der Waals surface area contributed by atoms with Gasteiger partial charge in [0.05, 0.1) is 0 Å². The topological polar surface area (TPSA) is 36.4 Å². The zero-order valence-electron chi connectivity index (χ0n) is 13.7. The molecule has 0 N–H and O–H groups in total. The van der Waals surface area contributed by atoms with Gasteiger partial charge < -0.3 is 9.80 Å². The second-order valence-corrected chi connectivity index (χ2v) is 8.55. The van der Waals surface area contributed by atoms with E-state index in [1.54, 1.807) is 24.5 Å². The highest BCUT2D eigenvalue weighted by Gasteiger charge is 2.22. The molecule has 0 amide bonds. The first-order chi connectivity index (χ1) is 10.8. The highest BCUT2D eigenvalue weighted by atomic mass is 32.2. The molecule has 1 heterocycles. The van der Waals surface area contributed by atoms with Crippen molar-refractivity contribution in [3.8, 4) is 0 Å². The largest absolute Gasteiger partial charge is 0.364 e. The summed E-state index contributed by atoms with van der Waals surface area (Å²) >= 11 is 13.6. The normalized spacial score (nSPS) is 10.5. The summed E-state index contributed by atoms with van der Waals surface area (Å²) in [7, 11) is 7.62. The van der Waals surface area contributed by atoms with E-state index in [2.05, 4.69) is 4.98 Å². The molecule has 0 aliphatic rings. The van der Waals surface area contributed by atoms with Crippen LogP contribution in [0.5, 0.6) is 0 Å². The van der Waals surface area contributed by atoms with Gasteiger partial charge in [-0.15, -0.1) is 0 Å². The van der Waals surface area contributed by atoms with Gasteiger partial charge in [0.25, 0.3) is 0 Å². The molecule has 1 rings (SSSR count). The predicted molar refractivity (Wildman–Crippen MR) is 110 cm³/mol. The second kappa shape index (κ2) is 10.2. The number of ketones is 1. The van der Waals surface area contributed by atoms with Crippen molar-refractivity contribution in [2.45, 2.75) is 0 Å². The average Bonchev–Trinajstić information content (AvgIpc) is 2.54. The summed E-state index contributed by atoms with van der Waals surface area (Å²) in [5.41, 5.74) is 0.630. The maximum Gasteiger partial charge on any atom is 0.169 e. The van der Waals surface area contributed by atoms with Crippen LogP contribution in [0.4, 0.5) is 0 Å². The van der Waals surface area contributed by atoms with E-state index in [-0.39, 0.29) is 11.7 Å². The SMILES string of the molecule is CN(C)C(=S)SCC(CSC(=S)N(C)C)C(=O)c1cccnc1. The summed E-state index contributed by atoms with van der Waals surface area (Å²) in [4.78, 5) is 20.5. The van der Waals surface area contributed by atoms with Gasteiger partial charge in [0.1, 0.15) is 8.64 Å². The Hall–Kier alpha value is -0.700. The Kier molecular flexibility index (Phi) is 9.04. The molecule has 0 fully saturated rings. The minimum absolute atomic E-state index is 0.0845. The van der Waals surface area contributed by atoms with Crippen molar-refractivity contribution in [1.82, 2.24) is 14.8 Å². The van der Waals surface area contributed by atoms with E-state index >= 15 is 0 Å². The molecule has 23 heavy (non-hydrogen) atoms. The van der Waals surface area contributed by atoms with E-state index in [1.807, 2.05) is 38.0 Å². The molecule has 4 nitrogen and oxygen atoms in total. The highest BCUT2D eigenvalue weighted by molar-refractivity contribution is 8.23. The Morgan fingerprint density at radius 3 is 2.04 bits per heavy atom. The van der Waals surface area contributed by atoms with E-state index < -0.39 is 0 Å². The number of nitrogens with zero attached hydrogens (tertiary/aromatic N) is 3. The second-order valence-electron chi connectivity index (χ2n) is 5.25. The van der Waals surface area contributed by atoms with E-state index in [1.165, 1.54) is 23.5 Å². The molecular weight excluding hydrogens is 366 g/mol. The van der Waals surface area contributed by atoms with E-state index in [0.717, 1.165) is 8.64 Å². The minimum atomic E-state index is -0.162. The molecule has 0 spiro atoms. The minimum Gasteiger partial charge on any atom is -0.364 e. The molecule has 0 saturated heterocycles. The Labute approximate surface area is 157 Å². The Morgan fingerprint density at radius 1 is 1.13 bits per heavy atom. The lowest BCUT2D eigenvalue weighted by molar-refractivity contribution is 0.0944. The standard InChI is InChI=1S/C15H21N3OS4/c1-17(2)14(20)22-9-12(10-23-15(21)18(3)4)13(19)11-6-5-7-16-8-11/h5-8,12H,9-10H2,1-4H3. The van der Waals surface area contributed by atoms with Gasteiger partial charge in [-0.3, -0.25) is 9.78 Å². The van der Waals surface area contributed by atoms with Crippen LogP contribution in [0.25, 0.3) is 0 Å². The highest BCUT2D eigenvalue weighted by Crippen LogP contribution is 2.22. The van der Waals surface area contributed by atoms with Crippen molar-refractivity contribution >= 4 is 62.4 Å². The van der Waals surface area contributed by atoms with Crippen LogP contribution in [-0.4, -0.2) is 68.9 Å². The molecule has 0 aliphatic carbocycles. The van der Waals surface area contributed by atoms with Crippen LogP contribution in [0.3, 0.4) is 0 Å². The fraction of sp³-hybridized carbons (Fsp3) is 0.467. The smallest absolute Gasteiger partial charge is 0.169 e. The number of rotatable bonds is 6. The van der Waals surface area contributed by atoms with Gasteiger partial charge in [-0.1, -0.05) is 48.0 Å². The summed E-state index contributed by atoms with van der Waals surface area (Å²) in [6.07, 6.45) is 3.27. The van der Waals surface area contributed by atoms with Gasteiger partial charge in [-0.25, -0.2) is 0 Å². The first-order valence-corrected chi connectivity index (χ1v) is 9.74. The maximum absolute atomic E-state index is 12.7. The van der Waals surface area contributed by atoms with Gasteiger partial charge in [0.2, 0.25) is 0 Å². The number of thiocarbonyl (C=S) groups is 2. The quantitative estimate of drug-likeness (QED) is 0.545. The molecule has 0 aliphatic heterocycles. The van der Waals surface area contributed by atoms with E-state index in [0.29, 0.717) is 17.1 Å². The van der Waals surface area contributed by atoms with Crippen molar-refractivity contribution in [2.24, 2.45) is 5.92 Å². The number of thioether (sulfide) groups is 2. The van der Waals surface area contributed by atoms with Gasteiger partial charge >= 0.3 is 0 Å². The van der Waals surface area contributed by atoms with Crippen molar-refractivity contribution in [2.75, 3.05) is 39.7 Å². The lowest BCUT2D eigenvalue weighted by atomic mass is 10.0. The molecule has 0 atom stereocenters. The van der Waals surface area contributed by atoms with Crippen molar-refractivity contribution in [1.29, 1.82) is 0 Å². The molecule has 126 valence electrons. The van der Waals surface area contributed by atoms with Gasteiger partial charge in [-0.2, -0.15) is 0 Å². The predicted octanol–water partition coefficient (Wildman–Crippen LogP) is 3.04. The van der Waals surface area contributed by atoms with Crippen molar-refractivity contribution < 1.29 is 4.79 Å². The van der Waals surface area contributed by atoms with E-state index in [9.17, 15) is 4.79 Å². The Morgan fingerprint density at radius 2 is 1.65 bits per heavy atom. The lowest BCUT2D eigenvalue weighted by Gasteiger charge is -2.19. The number of hydrogen-bond donors (Lipinski definition) is 0. The third kappa shape index (κ3) is 7.15. The number of hydrogen-bond acceptors (Lipinski definition) is 6. The lowest BCUT2D eigenvalue weighted by Crippen LogP contribution is -2.25. The Bertz CT molecular complexity index is 525. The number of carbonyl (C=O) groups is 1. The summed E-state index contributed by atoms with van der Waals surface area (Å²) in [5, 5.41) is 0. The number of carbonyl (C=O) groups excluding carboxylic acids is 1.